The molecule has 1 amide bonds. The van der Waals surface area contributed by atoms with Crippen molar-refractivity contribution in [1.29, 1.82) is 0 Å². The summed E-state index contributed by atoms with van der Waals surface area (Å²) in [4.78, 5) is 14.2. The van der Waals surface area contributed by atoms with Gasteiger partial charge in [0, 0.05) is 26.2 Å². The molecule has 2 atom stereocenters. The Morgan fingerprint density at radius 2 is 2.18 bits per heavy atom. The second-order valence-electron chi connectivity index (χ2n) is 5.32. The molecule has 0 saturated carbocycles. The molecule has 0 aliphatic carbocycles. The molecule has 1 heterocycles. The van der Waals surface area contributed by atoms with E-state index >= 15 is 0 Å². The van der Waals surface area contributed by atoms with Crippen molar-refractivity contribution >= 4 is 5.91 Å². The number of carbonyl (C=O) groups is 1. The third kappa shape index (κ3) is 3.19. The Labute approximate surface area is 105 Å². The van der Waals surface area contributed by atoms with Gasteiger partial charge in [0.25, 0.3) is 5.91 Å². The number of methoxy groups -OCH3 is 1. The number of rotatable bonds is 4. The molecule has 17 heavy (non-hydrogen) atoms. The second kappa shape index (κ2) is 5.83. The highest BCUT2D eigenvalue weighted by molar-refractivity contribution is 5.84. The molecule has 0 aromatic rings. The third-order valence-electron chi connectivity index (χ3n) is 3.94. The first kappa shape index (κ1) is 14.5. The van der Waals surface area contributed by atoms with E-state index in [4.69, 9.17) is 4.74 Å². The van der Waals surface area contributed by atoms with E-state index in [9.17, 15) is 4.79 Å². The van der Waals surface area contributed by atoms with Crippen LogP contribution in [-0.4, -0.2) is 49.7 Å². The standard InChI is InChI=1S/C13H26N2O2/c1-6-10-9-15(8-7-11(10)14-4)12(16)13(2,3)17-5/h10-11,14H,6-9H2,1-5H3. The molecule has 1 rings (SSSR count). The maximum Gasteiger partial charge on any atom is 0.254 e. The predicted octanol–water partition coefficient (Wildman–Crippen LogP) is 1.26. The average molecular weight is 242 g/mol. The van der Waals surface area contributed by atoms with Gasteiger partial charge in [-0.3, -0.25) is 4.79 Å². The minimum Gasteiger partial charge on any atom is -0.369 e. The van der Waals surface area contributed by atoms with Crippen molar-refractivity contribution in [2.75, 3.05) is 27.2 Å². The molecule has 1 aliphatic rings. The molecule has 0 spiro atoms. The smallest absolute Gasteiger partial charge is 0.254 e. The second-order valence-corrected chi connectivity index (χ2v) is 5.32. The van der Waals surface area contributed by atoms with E-state index < -0.39 is 5.60 Å². The lowest BCUT2D eigenvalue weighted by Crippen LogP contribution is -2.55. The Balaban J connectivity index is 2.67. The van der Waals surface area contributed by atoms with Crippen LogP contribution < -0.4 is 5.32 Å². The van der Waals surface area contributed by atoms with E-state index in [1.165, 1.54) is 0 Å². The summed E-state index contributed by atoms with van der Waals surface area (Å²) in [6, 6.07) is 0.537. The lowest BCUT2D eigenvalue weighted by molar-refractivity contribution is -0.153. The van der Waals surface area contributed by atoms with E-state index in [2.05, 4.69) is 12.2 Å². The number of nitrogens with zero attached hydrogens (tertiary/aromatic N) is 1. The molecule has 1 saturated heterocycles. The molecule has 100 valence electrons. The maximum atomic E-state index is 12.3. The van der Waals surface area contributed by atoms with Crippen LogP contribution in [0.2, 0.25) is 0 Å². The van der Waals surface area contributed by atoms with Crippen molar-refractivity contribution in [2.45, 2.75) is 45.3 Å². The van der Waals surface area contributed by atoms with Gasteiger partial charge >= 0.3 is 0 Å². The maximum absolute atomic E-state index is 12.3. The van der Waals surface area contributed by atoms with Gasteiger partial charge in [-0.1, -0.05) is 13.3 Å². The number of amides is 1. The summed E-state index contributed by atoms with van der Waals surface area (Å²) in [5, 5.41) is 3.35. The van der Waals surface area contributed by atoms with Gasteiger partial charge in [-0.05, 0) is 33.2 Å². The van der Waals surface area contributed by atoms with Gasteiger partial charge < -0.3 is 15.0 Å². The minimum atomic E-state index is -0.704. The van der Waals surface area contributed by atoms with E-state index in [0.29, 0.717) is 12.0 Å². The average Bonchev–Trinajstić information content (AvgIpc) is 2.36. The summed E-state index contributed by atoms with van der Waals surface area (Å²) < 4.78 is 5.27. The molecule has 1 aliphatic heterocycles. The van der Waals surface area contributed by atoms with Crippen molar-refractivity contribution in [3.63, 3.8) is 0 Å². The molecule has 0 aromatic carbocycles. The van der Waals surface area contributed by atoms with Crippen LogP contribution in [0.5, 0.6) is 0 Å². The van der Waals surface area contributed by atoms with Crippen LogP contribution in [0.25, 0.3) is 0 Å². The highest BCUT2D eigenvalue weighted by Crippen LogP contribution is 2.23. The topological polar surface area (TPSA) is 41.6 Å². The first-order valence-electron chi connectivity index (χ1n) is 6.48. The molecule has 0 bridgehead atoms. The van der Waals surface area contributed by atoms with Crippen molar-refractivity contribution in [1.82, 2.24) is 10.2 Å². The summed E-state index contributed by atoms with van der Waals surface area (Å²) in [7, 11) is 3.60. The van der Waals surface area contributed by atoms with E-state index in [0.717, 1.165) is 25.9 Å². The van der Waals surface area contributed by atoms with Crippen molar-refractivity contribution in [3.8, 4) is 0 Å². The number of hydrogen-bond acceptors (Lipinski definition) is 3. The highest BCUT2D eigenvalue weighted by Gasteiger charge is 2.36. The molecule has 1 fully saturated rings. The number of nitrogens with one attached hydrogen (secondary N) is 1. The van der Waals surface area contributed by atoms with Gasteiger partial charge in [-0.2, -0.15) is 0 Å². The van der Waals surface area contributed by atoms with Gasteiger partial charge in [0.15, 0.2) is 0 Å². The molecular weight excluding hydrogens is 216 g/mol. The summed E-state index contributed by atoms with van der Waals surface area (Å²) in [6.07, 6.45) is 2.13. The van der Waals surface area contributed by atoms with Crippen LogP contribution in [0.15, 0.2) is 0 Å². The Bertz CT molecular complexity index is 266. The van der Waals surface area contributed by atoms with Gasteiger partial charge in [0.05, 0.1) is 0 Å². The first-order chi connectivity index (χ1) is 7.96. The SMILES string of the molecule is CCC1CN(C(=O)C(C)(C)OC)CCC1NC. The zero-order chi connectivity index (χ0) is 13.1. The Morgan fingerprint density at radius 1 is 1.53 bits per heavy atom. The Hall–Kier alpha value is -0.610. The molecule has 4 nitrogen and oxygen atoms in total. The number of hydrogen-bond donors (Lipinski definition) is 1. The van der Waals surface area contributed by atoms with Crippen LogP contribution in [0.3, 0.4) is 0 Å². The van der Waals surface area contributed by atoms with Crippen LogP contribution >= 0.6 is 0 Å². The monoisotopic (exact) mass is 242 g/mol. The molecular formula is C13H26N2O2. The lowest BCUT2D eigenvalue weighted by atomic mass is 9.89. The molecule has 0 aromatic heterocycles. The van der Waals surface area contributed by atoms with Gasteiger partial charge in [0.1, 0.15) is 5.60 Å². The molecule has 2 unspecified atom stereocenters. The number of carbonyl (C=O) groups excluding carboxylic acids is 1. The normalized spacial score (nSPS) is 26.1. The van der Waals surface area contributed by atoms with Gasteiger partial charge in [0.2, 0.25) is 0 Å². The van der Waals surface area contributed by atoms with Gasteiger partial charge in [-0.25, -0.2) is 0 Å². The van der Waals surface area contributed by atoms with Crippen molar-refractivity contribution in [2.24, 2.45) is 5.92 Å². The summed E-state index contributed by atoms with van der Waals surface area (Å²) in [5.41, 5.74) is -0.704. The van der Waals surface area contributed by atoms with E-state index in [1.54, 1.807) is 7.11 Å². The number of ether oxygens (including phenoxy) is 1. The number of likely N-dealkylation sites (tertiary alicyclic amines) is 1. The van der Waals surface area contributed by atoms with E-state index in [1.807, 2.05) is 25.8 Å². The first-order valence-corrected chi connectivity index (χ1v) is 6.48. The van der Waals surface area contributed by atoms with Gasteiger partial charge in [-0.15, -0.1) is 0 Å². The van der Waals surface area contributed by atoms with Crippen molar-refractivity contribution in [3.05, 3.63) is 0 Å². The largest absolute Gasteiger partial charge is 0.369 e. The lowest BCUT2D eigenvalue weighted by Gasteiger charge is -2.40. The predicted molar refractivity (Wildman–Crippen MR) is 68.9 cm³/mol. The van der Waals surface area contributed by atoms with Crippen LogP contribution in [0, 0.1) is 5.92 Å². The summed E-state index contributed by atoms with van der Waals surface area (Å²) in [6.45, 7) is 7.52. The third-order valence-corrected chi connectivity index (χ3v) is 3.94. The fourth-order valence-corrected chi connectivity index (χ4v) is 2.48. The summed E-state index contributed by atoms with van der Waals surface area (Å²) >= 11 is 0. The quantitative estimate of drug-likeness (QED) is 0.807. The van der Waals surface area contributed by atoms with Crippen LogP contribution in [0.4, 0.5) is 0 Å². The fraction of sp³-hybridized carbons (Fsp3) is 0.923. The Morgan fingerprint density at radius 3 is 2.65 bits per heavy atom. The minimum absolute atomic E-state index is 0.105. The van der Waals surface area contributed by atoms with Crippen LogP contribution in [0.1, 0.15) is 33.6 Å². The molecule has 0 radical (unpaired) electrons. The zero-order valence-corrected chi connectivity index (χ0v) is 11.7. The van der Waals surface area contributed by atoms with Crippen LogP contribution in [-0.2, 0) is 9.53 Å². The molecule has 1 N–H and O–H groups in total. The molecule has 4 heteroatoms. The number of piperidine rings is 1. The Kier molecular flexibility index (Phi) is 4.95. The highest BCUT2D eigenvalue weighted by atomic mass is 16.5. The summed E-state index contributed by atoms with van der Waals surface area (Å²) in [5.74, 6) is 0.651. The fourth-order valence-electron chi connectivity index (χ4n) is 2.48. The van der Waals surface area contributed by atoms with Crippen molar-refractivity contribution < 1.29 is 9.53 Å². The zero-order valence-electron chi connectivity index (χ0n) is 11.7. The van der Waals surface area contributed by atoms with E-state index in [-0.39, 0.29) is 5.91 Å².